The van der Waals surface area contributed by atoms with Gasteiger partial charge in [0.15, 0.2) is 11.5 Å². The smallest absolute Gasteiger partial charge is 0.270 e. The summed E-state index contributed by atoms with van der Waals surface area (Å²) in [7, 11) is 0. The van der Waals surface area contributed by atoms with Gasteiger partial charge in [-0.1, -0.05) is 6.07 Å². The van der Waals surface area contributed by atoms with Crippen molar-refractivity contribution in [1.29, 1.82) is 0 Å². The van der Waals surface area contributed by atoms with E-state index in [4.69, 9.17) is 15.2 Å². The Bertz CT molecular complexity index is 688. The van der Waals surface area contributed by atoms with Crippen molar-refractivity contribution in [2.75, 3.05) is 26.3 Å². The number of benzene rings is 1. The predicted molar refractivity (Wildman–Crippen MR) is 99.7 cm³/mol. The molecule has 0 saturated heterocycles. The molecule has 1 heterocycles. The summed E-state index contributed by atoms with van der Waals surface area (Å²) in [6, 6.07) is 5.86. The number of carbonyl (C=O) groups is 1. The third-order valence-corrected chi connectivity index (χ3v) is 4.36. The summed E-state index contributed by atoms with van der Waals surface area (Å²) in [5, 5.41) is 5.55. The van der Waals surface area contributed by atoms with Crippen LogP contribution in [0.5, 0.6) is 11.5 Å². The molecule has 0 radical (unpaired) electrons. The number of carbonyl (C=O) groups excluding carboxylic acids is 1. The van der Waals surface area contributed by atoms with E-state index in [1.807, 2.05) is 32.0 Å². The number of nitrogens with one attached hydrogen (secondary N) is 1. The van der Waals surface area contributed by atoms with Crippen LogP contribution in [0.15, 0.2) is 23.6 Å². The molecular weight excluding hydrogens is 338 g/mol. The molecular formula is C18H25N3O3S. The molecule has 1 amide bonds. The fourth-order valence-electron chi connectivity index (χ4n) is 2.32. The van der Waals surface area contributed by atoms with Crippen LogP contribution in [-0.4, -0.2) is 37.2 Å². The van der Waals surface area contributed by atoms with Gasteiger partial charge in [-0.3, -0.25) is 4.79 Å². The molecule has 0 saturated carbocycles. The van der Waals surface area contributed by atoms with E-state index in [0.717, 1.165) is 22.1 Å². The van der Waals surface area contributed by atoms with Gasteiger partial charge in [0.25, 0.3) is 5.91 Å². The Morgan fingerprint density at radius 2 is 1.96 bits per heavy atom. The minimum absolute atomic E-state index is 0.157. The van der Waals surface area contributed by atoms with Gasteiger partial charge in [-0.15, -0.1) is 11.3 Å². The van der Waals surface area contributed by atoms with Crippen molar-refractivity contribution in [3.8, 4) is 11.5 Å². The van der Waals surface area contributed by atoms with Crippen LogP contribution < -0.4 is 20.5 Å². The highest BCUT2D eigenvalue weighted by Crippen LogP contribution is 2.28. The lowest BCUT2D eigenvalue weighted by atomic mass is 10.1. The standard InChI is InChI=1S/C18H25N3O3S/c1-3-23-15-6-5-13(11-16(15)24-4-2)8-10-20-18(22)14-12-25-17(21-14)7-9-19/h5-6,11-12H,3-4,7-10,19H2,1-2H3,(H,20,22). The molecule has 136 valence electrons. The molecule has 0 atom stereocenters. The van der Waals surface area contributed by atoms with E-state index in [0.29, 0.717) is 44.8 Å². The van der Waals surface area contributed by atoms with Gasteiger partial charge in [0, 0.05) is 18.3 Å². The van der Waals surface area contributed by atoms with Crippen molar-refractivity contribution >= 4 is 17.2 Å². The summed E-state index contributed by atoms with van der Waals surface area (Å²) in [5.74, 6) is 1.32. The Kier molecular flexibility index (Phi) is 7.69. The Balaban J connectivity index is 1.89. The van der Waals surface area contributed by atoms with E-state index >= 15 is 0 Å². The third-order valence-electron chi connectivity index (χ3n) is 3.45. The second kappa shape index (κ2) is 10.0. The van der Waals surface area contributed by atoms with Crippen LogP contribution in [0.1, 0.15) is 34.9 Å². The van der Waals surface area contributed by atoms with Crippen molar-refractivity contribution in [3.05, 3.63) is 39.8 Å². The number of nitrogens with zero attached hydrogens (tertiary/aromatic N) is 1. The first-order valence-corrected chi connectivity index (χ1v) is 9.37. The highest BCUT2D eigenvalue weighted by Gasteiger charge is 2.11. The van der Waals surface area contributed by atoms with E-state index in [2.05, 4.69) is 10.3 Å². The number of thiazole rings is 1. The van der Waals surface area contributed by atoms with Crippen LogP contribution in [0.2, 0.25) is 0 Å². The van der Waals surface area contributed by atoms with Crippen molar-refractivity contribution < 1.29 is 14.3 Å². The lowest BCUT2D eigenvalue weighted by Crippen LogP contribution is -2.26. The van der Waals surface area contributed by atoms with E-state index < -0.39 is 0 Å². The molecule has 0 spiro atoms. The topological polar surface area (TPSA) is 86.5 Å². The molecule has 0 fully saturated rings. The molecule has 0 aliphatic heterocycles. The largest absolute Gasteiger partial charge is 0.490 e. The fourth-order valence-corrected chi connectivity index (χ4v) is 3.11. The highest BCUT2D eigenvalue weighted by molar-refractivity contribution is 7.09. The molecule has 0 bridgehead atoms. The Morgan fingerprint density at radius 3 is 2.68 bits per heavy atom. The molecule has 1 aromatic carbocycles. The number of ether oxygens (including phenoxy) is 2. The first-order chi connectivity index (χ1) is 12.2. The summed E-state index contributed by atoms with van der Waals surface area (Å²) in [6.07, 6.45) is 1.41. The van der Waals surface area contributed by atoms with Crippen LogP contribution in [0.25, 0.3) is 0 Å². The van der Waals surface area contributed by atoms with E-state index in [9.17, 15) is 4.79 Å². The van der Waals surface area contributed by atoms with Crippen molar-refractivity contribution in [3.63, 3.8) is 0 Å². The van der Waals surface area contributed by atoms with Gasteiger partial charge in [-0.05, 0) is 44.5 Å². The molecule has 6 nitrogen and oxygen atoms in total. The number of nitrogens with two attached hydrogens (primary N) is 1. The van der Waals surface area contributed by atoms with Gasteiger partial charge in [0.2, 0.25) is 0 Å². The maximum atomic E-state index is 12.1. The van der Waals surface area contributed by atoms with E-state index in [1.54, 1.807) is 5.38 Å². The molecule has 1 aromatic heterocycles. The van der Waals surface area contributed by atoms with Gasteiger partial charge in [-0.2, -0.15) is 0 Å². The van der Waals surface area contributed by atoms with Crippen molar-refractivity contribution in [1.82, 2.24) is 10.3 Å². The zero-order valence-electron chi connectivity index (χ0n) is 14.7. The van der Waals surface area contributed by atoms with Crippen LogP contribution in [-0.2, 0) is 12.8 Å². The summed E-state index contributed by atoms with van der Waals surface area (Å²) in [4.78, 5) is 16.4. The van der Waals surface area contributed by atoms with Crippen LogP contribution in [0, 0.1) is 0 Å². The van der Waals surface area contributed by atoms with Crippen molar-refractivity contribution in [2.45, 2.75) is 26.7 Å². The summed E-state index contributed by atoms with van der Waals surface area (Å²) >= 11 is 1.46. The Labute approximate surface area is 152 Å². The lowest BCUT2D eigenvalue weighted by molar-refractivity contribution is 0.0949. The maximum Gasteiger partial charge on any atom is 0.270 e. The monoisotopic (exact) mass is 363 g/mol. The second-order valence-electron chi connectivity index (χ2n) is 5.32. The van der Waals surface area contributed by atoms with Crippen LogP contribution in [0.3, 0.4) is 0 Å². The highest BCUT2D eigenvalue weighted by atomic mass is 32.1. The molecule has 2 aromatic rings. The maximum absolute atomic E-state index is 12.1. The number of hydrogen-bond acceptors (Lipinski definition) is 6. The second-order valence-corrected chi connectivity index (χ2v) is 6.26. The van der Waals surface area contributed by atoms with E-state index in [1.165, 1.54) is 11.3 Å². The quantitative estimate of drug-likeness (QED) is 0.677. The van der Waals surface area contributed by atoms with Gasteiger partial charge in [-0.25, -0.2) is 4.98 Å². The zero-order chi connectivity index (χ0) is 18.1. The van der Waals surface area contributed by atoms with Crippen molar-refractivity contribution in [2.24, 2.45) is 5.73 Å². The average molecular weight is 363 g/mol. The van der Waals surface area contributed by atoms with Gasteiger partial charge < -0.3 is 20.5 Å². The minimum Gasteiger partial charge on any atom is -0.490 e. The number of hydrogen-bond donors (Lipinski definition) is 2. The molecule has 0 aliphatic carbocycles. The molecule has 25 heavy (non-hydrogen) atoms. The Hall–Kier alpha value is -2.12. The minimum atomic E-state index is -0.157. The number of aromatic nitrogens is 1. The number of amides is 1. The molecule has 7 heteroatoms. The Morgan fingerprint density at radius 1 is 1.20 bits per heavy atom. The van der Waals surface area contributed by atoms with E-state index in [-0.39, 0.29) is 5.91 Å². The van der Waals surface area contributed by atoms with Gasteiger partial charge >= 0.3 is 0 Å². The van der Waals surface area contributed by atoms with Crippen LogP contribution in [0.4, 0.5) is 0 Å². The van der Waals surface area contributed by atoms with Crippen LogP contribution >= 0.6 is 11.3 Å². The fraction of sp³-hybridized carbons (Fsp3) is 0.444. The third kappa shape index (κ3) is 5.72. The summed E-state index contributed by atoms with van der Waals surface area (Å²) in [6.45, 7) is 6.12. The summed E-state index contributed by atoms with van der Waals surface area (Å²) < 4.78 is 11.2. The van der Waals surface area contributed by atoms with Gasteiger partial charge in [0.1, 0.15) is 5.69 Å². The average Bonchev–Trinajstić information content (AvgIpc) is 3.06. The molecule has 2 rings (SSSR count). The number of rotatable bonds is 10. The molecule has 0 aliphatic rings. The first-order valence-electron chi connectivity index (χ1n) is 8.49. The molecule has 3 N–H and O–H groups in total. The first kappa shape index (κ1) is 19.2. The SMILES string of the molecule is CCOc1ccc(CCNC(=O)c2csc(CCN)n2)cc1OCC. The van der Waals surface area contributed by atoms with Gasteiger partial charge in [0.05, 0.1) is 18.2 Å². The predicted octanol–water partition coefficient (Wildman–Crippen LogP) is 2.41. The zero-order valence-corrected chi connectivity index (χ0v) is 15.5. The molecule has 0 unspecified atom stereocenters. The lowest BCUT2D eigenvalue weighted by Gasteiger charge is -2.12. The summed E-state index contributed by atoms with van der Waals surface area (Å²) in [5.41, 5.74) is 7.03. The normalized spacial score (nSPS) is 10.5.